The van der Waals surface area contributed by atoms with Crippen molar-refractivity contribution < 1.29 is 14.0 Å². The van der Waals surface area contributed by atoms with Crippen LogP contribution in [0.1, 0.15) is 16.1 Å². The van der Waals surface area contributed by atoms with E-state index in [4.69, 9.17) is 0 Å². The van der Waals surface area contributed by atoms with Crippen molar-refractivity contribution in [3.8, 4) is 0 Å². The van der Waals surface area contributed by atoms with Crippen LogP contribution in [0.25, 0.3) is 0 Å². The summed E-state index contributed by atoms with van der Waals surface area (Å²) in [4.78, 5) is 41.5. The summed E-state index contributed by atoms with van der Waals surface area (Å²) in [6.45, 7) is 4.87. The van der Waals surface area contributed by atoms with E-state index in [-0.39, 0.29) is 22.0 Å². The predicted octanol–water partition coefficient (Wildman–Crippen LogP) is 2.32. The zero-order valence-electron chi connectivity index (χ0n) is 13.5. The number of carbonyl (C=O) groups excluding carboxylic acids is 2. The number of amides is 2. The molecule has 1 heterocycles. The fourth-order valence-electron chi connectivity index (χ4n) is 2.05. The zero-order valence-corrected chi connectivity index (χ0v) is 14.3. The molecule has 3 N–H and O–H groups in total. The summed E-state index contributed by atoms with van der Waals surface area (Å²) in [5, 5.41) is 5.18. The summed E-state index contributed by atoms with van der Waals surface area (Å²) < 4.78 is 13.7. The van der Waals surface area contributed by atoms with Gasteiger partial charge in [0.1, 0.15) is 10.8 Å². The second-order valence-electron chi connectivity index (χ2n) is 4.89. The summed E-state index contributed by atoms with van der Waals surface area (Å²) >= 11 is 1.16. The van der Waals surface area contributed by atoms with E-state index >= 15 is 0 Å². The number of rotatable bonds is 5. The predicted molar refractivity (Wildman–Crippen MR) is 94.6 cm³/mol. The van der Waals surface area contributed by atoms with Crippen LogP contribution >= 0.6 is 11.8 Å². The number of hydrogen-bond donors (Lipinski definition) is 3. The van der Waals surface area contributed by atoms with E-state index in [1.807, 2.05) is 0 Å². The fourth-order valence-corrected chi connectivity index (χ4v) is 2.67. The maximum Gasteiger partial charge on any atom is 0.346 e. The maximum absolute atomic E-state index is 13.7. The molecule has 1 aromatic carbocycles. The van der Waals surface area contributed by atoms with Crippen LogP contribution in [0.5, 0.6) is 0 Å². The number of benzene rings is 1. The highest BCUT2D eigenvalue weighted by atomic mass is 32.2. The number of nitrogens with zero attached hydrogens (tertiary/aromatic N) is 1. The smallest absolute Gasteiger partial charge is 0.322 e. The van der Waals surface area contributed by atoms with Crippen LogP contribution < -0.4 is 16.3 Å². The molecule has 1 aromatic heterocycles. The molecule has 0 bridgehead atoms. The number of hydrogen-bond acceptors (Lipinski definition) is 5. The van der Waals surface area contributed by atoms with E-state index in [1.54, 1.807) is 13.2 Å². The van der Waals surface area contributed by atoms with Crippen LogP contribution in [-0.2, 0) is 4.79 Å². The topological polar surface area (TPSA) is 104 Å². The molecule has 0 atom stereocenters. The molecule has 0 spiro atoms. The third-order valence-electron chi connectivity index (χ3n) is 3.17. The number of anilines is 2. The van der Waals surface area contributed by atoms with Crippen LogP contribution in [-0.4, -0.2) is 28.0 Å². The summed E-state index contributed by atoms with van der Waals surface area (Å²) in [6.07, 6.45) is 2.70. The highest BCUT2D eigenvalue weighted by molar-refractivity contribution is 7.98. The minimum atomic E-state index is -0.653. The lowest BCUT2D eigenvalue weighted by atomic mass is 10.2. The first-order valence-electron chi connectivity index (χ1n) is 7.05. The van der Waals surface area contributed by atoms with E-state index in [0.717, 1.165) is 23.9 Å². The Labute approximate surface area is 146 Å². The monoisotopic (exact) mass is 362 g/mol. The van der Waals surface area contributed by atoms with Gasteiger partial charge in [0.15, 0.2) is 0 Å². The number of halogens is 1. The lowest BCUT2D eigenvalue weighted by molar-refractivity contribution is -0.111. The Kier molecular flexibility index (Phi) is 5.71. The molecule has 2 aromatic rings. The Hall–Kier alpha value is -2.94. The van der Waals surface area contributed by atoms with Crippen molar-refractivity contribution in [3.05, 3.63) is 58.4 Å². The fraction of sp³-hybridized carbons (Fsp3) is 0.125. The molecule has 9 heteroatoms. The maximum atomic E-state index is 13.7. The standard InChI is InChI=1S/C16H15FN4O3S/c1-4-12(22)20-11-7-9(5-6-10(11)17)19-14(23)13-8(2)18-16(24)21-15(13)25-3/h4-7H,1H2,2-3H3,(H,19,23)(H,20,22)(H,18,21,24). The lowest BCUT2D eigenvalue weighted by Crippen LogP contribution is -2.22. The highest BCUT2D eigenvalue weighted by Crippen LogP contribution is 2.23. The molecule has 7 nitrogen and oxygen atoms in total. The van der Waals surface area contributed by atoms with E-state index in [2.05, 4.69) is 27.2 Å². The largest absolute Gasteiger partial charge is 0.346 e. The highest BCUT2D eigenvalue weighted by Gasteiger charge is 2.18. The van der Waals surface area contributed by atoms with Crippen LogP contribution in [0.3, 0.4) is 0 Å². The molecule has 130 valence electrons. The minimum Gasteiger partial charge on any atom is -0.322 e. The first-order valence-corrected chi connectivity index (χ1v) is 8.27. The van der Waals surface area contributed by atoms with Gasteiger partial charge in [0, 0.05) is 11.4 Å². The normalized spacial score (nSPS) is 10.2. The van der Waals surface area contributed by atoms with Crippen molar-refractivity contribution in [2.75, 3.05) is 16.9 Å². The third-order valence-corrected chi connectivity index (χ3v) is 3.86. The van der Waals surface area contributed by atoms with Gasteiger partial charge in [-0.2, -0.15) is 4.98 Å². The number of carbonyl (C=O) groups is 2. The van der Waals surface area contributed by atoms with Gasteiger partial charge in [-0.15, -0.1) is 11.8 Å². The number of thioether (sulfide) groups is 1. The van der Waals surface area contributed by atoms with Gasteiger partial charge >= 0.3 is 5.69 Å². The first kappa shape index (κ1) is 18.4. The van der Waals surface area contributed by atoms with Crippen molar-refractivity contribution >= 4 is 35.0 Å². The third kappa shape index (κ3) is 4.32. The van der Waals surface area contributed by atoms with Crippen LogP contribution in [0, 0.1) is 12.7 Å². The van der Waals surface area contributed by atoms with Crippen LogP contribution in [0.2, 0.25) is 0 Å². The molecule has 25 heavy (non-hydrogen) atoms. The molecule has 0 fully saturated rings. The van der Waals surface area contributed by atoms with Crippen molar-refractivity contribution in [3.63, 3.8) is 0 Å². The lowest BCUT2D eigenvalue weighted by Gasteiger charge is -2.11. The molecule has 0 aliphatic rings. The molecule has 0 unspecified atom stereocenters. The number of aryl methyl sites for hydroxylation is 1. The van der Waals surface area contributed by atoms with Crippen molar-refractivity contribution in [1.82, 2.24) is 9.97 Å². The molecule has 0 aliphatic carbocycles. The molecule has 2 rings (SSSR count). The van der Waals surface area contributed by atoms with Gasteiger partial charge in [-0.05, 0) is 37.5 Å². The Balaban J connectivity index is 2.33. The average molecular weight is 362 g/mol. The molecule has 0 saturated heterocycles. The van der Waals surface area contributed by atoms with Crippen LogP contribution in [0.15, 0.2) is 40.7 Å². The Morgan fingerprint density at radius 2 is 2.08 bits per heavy atom. The number of nitrogens with one attached hydrogen (secondary N) is 3. The van der Waals surface area contributed by atoms with E-state index in [0.29, 0.717) is 5.69 Å². The van der Waals surface area contributed by atoms with E-state index < -0.39 is 23.3 Å². The quantitative estimate of drug-likeness (QED) is 0.430. The molecule has 0 saturated carbocycles. The van der Waals surface area contributed by atoms with Crippen molar-refractivity contribution in [1.29, 1.82) is 0 Å². The van der Waals surface area contributed by atoms with Gasteiger partial charge in [0.05, 0.1) is 11.3 Å². The number of aromatic nitrogens is 2. The van der Waals surface area contributed by atoms with Gasteiger partial charge < -0.3 is 15.6 Å². The van der Waals surface area contributed by atoms with Crippen molar-refractivity contribution in [2.24, 2.45) is 0 Å². The Bertz CT molecular complexity index is 911. The SMILES string of the molecule is C=CC(=O)Nc1cc(NC(=O)c2c(SC)nc(=O)[nH]c2C)ccc1F. The van der Waals surface area contributed by atoms with E-state index in [9.17, 15) is 18.8 Å². The Morgan fingerprint density at radius 3 is 2.72 bits per heavy atom. The Morgan fingerprint density at radius 1 is 1.36 bits per heavy atom. The molecule has 0 radical (unpaired) electrons. The zero-order chi connectivity index (χ0) is 18.6. The van der Waals surface area contributed by atoms with Gasteiger partial charge in [-0.3, -0.25) is 9.59 Å². The number of H-pyrrole nitrogens is 1. The first-order chi connectivity index (χ1) is 11.8. The van der Waals surface area contributed by atoms with Gasteiger partial charge in [0.2, 0.25) is 5.91 Å². The molecule has 2 amide bonds. The van der Waals surface area contributed by atoms with Gasteiger partial charge in [-0.1, -0.05) is 6.58 Å². The van der Waals surface area contributed by atoms with Crippen molar-refractivity contribution in [2.45, 2.75) is 11.9 Å². The minimum absolute atomic E-state index is 0.0934. The summed E-state index contributed by atoms with van der Waals surface area (Å²) in [5.41, 5.74) is 0.208. The van der Waals surface area contributed by atoms with Gasteiger partial charge in [0.25, 0.3) is 5.91 Å². The van der Waals surface area contributed by atoms with Crippen LogP contribution in [0.4, 0.5) is 15.8 Å². The summed E-state index contributed by atoms with van der Waals surface area (Å²) in [5.74, 6) is -1.74. The number of aromatic amines is 1. The molecular weight excluding hydrogens is 347 g/mol. The molecular formula is C16H15FN4O3S. The molecule has 0 aliphatic heterocycles. The average Bonchev–Trinajstić information content (AvgIpc) is 2.56. The van der Waals surface area contributed by atoms with E-state index in [1.165, 1.54) is 12.1 Å². The summed E-state index contributed by atoms with van der Waals surface area (Å²) in [7, 11) is 0. The second-order valence-corrected chi connectivity index (χ2v) is 5.69. The summed E-state index contributed by atoms with van der Waals surface area (Å²) in [6, 6.07) is 3.74. The second kappa shape index (κ2) is 7.75. The van der Waals surface area contributed by atoms with Gasteiger partial charge in [-0.25, -0.2) is 9.18 Å².